The van der Waals surface area contributed by atoms with E-state index in [4.69, 9.17) is 10.8 Å². The number of nitrogens with one attached hydrogen (secondary N) is 1. The first-order chi connectivity index (χ1) is 6.95. The maximum absolute atomic E-state index is 12.0. The average Bonchev–Trinajstić information content (AvgIpc) is 2.59. The summed E-state index contributed by atoms with van der Waals surface area (Å²) >= 11 is 0. The van der Waals surface area contributed by atoms with Crippen molar-refractivity contribution in [3.63, 3.8) is 0 Å². The zero-order chi connectivity index (χ0) is 11.5. The lowest BCUT2D eigenvalue weighted by molar-refractivity contribution is -0.202. The van der Waals surface area contributed by atoms with E-state index in [0.29, 0.717) is 6.54 Å². The van der Waals surface area contributed by atoms with Crippen molar-refractivity contribution in [2.45, 2.75) is 37.6 Å². The molecule has 1 rings (SSSR count). The smallest absolute Gasteiger partial charge is 0.382 e. The summed E-state index contributed by atoms with van der Waals surface area (Å²) < 4.78 is 36.0. The standard InChI is InChI=1S/C9H17F3N2O/c10-9(11,12)8(15)5-14-7-3-1-2-6(7)4-13/h6-8,14-15H,1-5,13H2. The van der Waals surface area contributed by atoms with Gasteiger partial charge in [0.05, 0.1) is 0 Å². The fraction of sp³-hybridized carbons (Fsp3) is 1.00. The van der Waals surface area contributed by atoms with Gasteiger partial charge in [-0.15, -0.1) is 0 Å². The Balaban J connectivity index is 2.30. The van der Waals surface area contributed by atoms with Gasteiger partial charge in [0, 0.05) is 12.6 Å². The van der Waals surface area contributed by atoms with Gasteiger partial charge in [0.15, 0.2) is 6.10 Å². The summed E-state index contributed by atoms with van der Waals surface area (Å²) in [6.07, 6.45) is -4.04. The molecule has 15 heavy (non-hydrogen) atoms. The molecule has 0 aromatic carbocycles. The van der Waals surface area contributed by atoms with Crippen LogP contribution < -0.4 is 11.1 Å². The molecule has 6 heteroatoms. The number of hydrogen-bond acceptors (Lipinski definition) is 3. The van der Waals surface area contributed by atoms with Crippen LogP contribution in [0.25, 0.3) is 0 Å². The molecule has 90 valence electrons. The van der Waals surface area contributed by atoms with Crippen LogP contribution in [0, 0.1) is 5.92 Å². The van der Waals surface area contributed by atoms with Crippen LogP contribution >= 0.6 is 0 Å². The molecule has 0 bridgehead atoms. The SMILES string of the molecule is NCC1CCCC1NCC(O)C(F)(F)F. The second kappa shape index (κ2) is 5.14. The molecule has 0 aliphatic heterocycles. The lowest BCUT2D eigenvalue weighted by Crippen LogP contribution is -2.44. The molecule has 0 heterocycles. The minimum absolute atomic E-state index is 0.0204. The largest absolute Gasteiger partial charge is 0.415 e. The third kappa shape index (κ3) is 3.62. The maximum Gasteiger partial charge on any atom is 0.415 e. The summed E-state index contributed by atoms with van der Waals surface area (Å²) in [7, 11) is 0. The number of aliphatic hydroxyl groups is 1. The van der Waals surface area contributed by atoms with Crippen molar-refractivity contribution < 1.29 is 18.3 Å². The molecule has 3 unspecified atom stereocenters. The molecule has 1 saturated carbocycles. The van der Waals surface area contributed by atoms with Gasteiger partial charge < -0.3 is 16.2 Å². The Labute approximate surface area is 86.8 Å². The minimum atomic E-state index is -4.54. The van der Waals surface area contributed by atoms with Crippen LogP contribution in [0.15, 0.2) is 0 Å². The van der Waals surface area contributed by atoms with Gasteiger partial charge >= 0.3 is 6.18 Å². The molecular weight excluding hydrogens is 209 g/mol. The molecule has 1 aliphatic carbocycles. The summed E-state index contributed by atoms with van der Waals surface area (Å²) in [5.74, 6) is 0.241. The maximum atomic E-state index is 12.0. The Morgan fingerprint density at radius 3 is 2.60 bits per heavy atom. The van der Waals surface area contributed by atoms with Crippen molar-refractivity contribution >= 4 is 0 Å². The third-order valence-electron chi connectivity index (χ3n) is 2.91. The average molecular weight is 226 g/mol. The van der Waals surface area contributed by atoms with Crippen LogP contribution in [0.3, 0.4) is 0 Å². The van der Waals surface area contributed by atoms with E-state index in [-0.39, 0.29) is 12.0 Å². The topological polar surface area (TPSA) is 58.3 Å². The lowest BCUT2D eigenvalue weighted by atomic mass is 10.0. The fourth-order valence-corrected chi connectivity index (χ4v) is 1.97. The predicted molar refractivity (Wildman–Crippen MR) is 50.2 cm³/mol. The first kappa shape index (κ1) is 12.7. The van der Waals surface area contributed by atoms with Gasteiger partial charge in [0.25, 0.3) is 0 Å². The fourth-order valence-electron chi connectivity index (χ4n) is 1.97. The molecule has 1 aliphatic rings. The normalized spacial score (nSPS) is 29.4. The van der Waals surface area contributed by atoms with Gasteiger partial charge in [-0.05, 0) is 25.3 Å². The molecule has 3 atom stereocenters. The van der Waals surface area contributed by atoms with Gasteiger partial charge in [0.1, 0.15) is 0 Å². The number of nitrogens with two attached hydrogens (primary N) is 1. The summed E-state index contributed by atoms with van der Waals surface area (Å²) in [6, 6.07) is 0.0204. The highest BCUT2D eigenvalue weighted by Crippen LogP contribution is 2.25. The molecule has 0 amide bonds. The van der Waals surface area contributed by atoms with E-state index in [2.05, 4.69) is 5.32 Å². The van der Waals surface area contributed by atoms with Gasteiger partial charge in [-0.1, -0.05) is 6.42 Å². The molecule has 1 fully saturated rings. The summed E-state index contributed by atoms with van der Waals surface area (Å²) in [4.78, 5) is 0. The van der Waals surface area contributed by atoms with Crippen molar-refractivity contribution in [3.8, 4) is 0 Å². The molecule has 3 nitrogen and oxygen atoms in total. The first-order valence-corrected chi connectivity index (χ1v) is 5.13. The number of rotatable bonds is 4. The van der Waals surface area contributed by atoms with E-state index in [1.807, 2.05) is 0 Å². The number of aliphatic hydroxyl groups excluding tert-OH is 1. The second-order valence-corrected chi connectivity index (χ2v) is 4.00. The van der Waals surface area contributed by atoms with E-state index < -0.39 is 18.8 Å². The van der Waals surface area contributed by atoms with E-state index in [1.54, 1.807) is 0 Å². The minimum Gasteiger partial charge on any atom is -0.382 e. The molecule has 0 aromatic heterocycles. The third-order valence-corrected chi connectivity index (χ3v) is 2.91. The zero-order valence-electron chi connectivity index (χ0n) is 8.43. The number of alkyl halides is 3. The summed E-state index contributed by atoms with van der Waals surface area (Å²) in [6.45, 7) is 0.0461. The van der Waals surface area contributed by atoms with Crippen molar-refractivity contribution in [3.05, 3.63) is 0 Å². The highest BCUT2D eigenvalue weighted by Gasteiger charge is 2.38. The quantitative estimate of drug-likeness (QED) is 0.659. The van der Waals surface area contributed by atoms with Crippen molar-refractivity contribution in [2.75, 3.05) is 13.1 Å². The van der Waals surface area contributed by atoms with Crippen molar-refractivity contribution in [1.29, 1.82) is 0 Å². The highest BCUT2D eigenvalue weighted by atomic mass is 19.4. The Bertz CT molecular complexity index is 198. The highest BCUT2D eigenvalue weighted by molar-refractivity contribution is 4.85. The molecule has 4 N–H and O–H groups in total. The Kier molecular flexibility index (Phi) is 4.36. The van der Waals surface area contributed by atoms with Crippen LogP contribution in [-0.2, 0) is 0 Å². The summed E-state index contributed by atoms with van der Waals surface area (Å²) in [5.41, 5.74) is 5.49. The van der Waals surface area contributed by atoms with Gasteiger partial charge in [-0.3, -0.25) is 0 Å². The van der Waals surface area contributed by atoms with Crippen LogP contribution in [0.5, 0.6) is 0 Å². The molecule has 0 radical (unpaired) electrons. The van der Waals surface area contributed by atoms with Crippen LogP contribution in [0.1, 0.15) is 19.3 Å². The first-order valence-electron chi connectivity index (χ1n) is 5.13. The summed E-state index contributed by atoms with van der Waals surface area (Å²) in [5, 5.41) is 11.5. The lowest BCUT2D eigenvalue weighted by Gasteiger charge is -2.22. The van der Waals surface area contributed by atoms with Gasteiger partial charge in [0.2, 0.25) is 0 Å². The van der Waals surface area contributed by atoms with Crippen molar-refractivity contribution in [1.82, 2.24) is 5.32 Å². The van der Waals surface area contributed by atoms with E-state index in [0.717, 1.165) is 19.3 Å². The zero-order valence-corrected chi connectivity index (χ0v) is 8.43. The van der Waals surface area contributed by atoms with E-state index in [1.165, 1.54) is 0 Å². The molecule has 0 aromatic rings. The molecule has 0 spiro atoms. The van der Waals surface area contributed by atoms with E-state index >= 15 is 0 Å². The Hall–Kier alpha value is -0.330. The van der Waals surface area contributed by atoms with Gasteiger partial charge in [-0.25, -0.2) is 0 Å². The molecule has 0 saturated heterocycles. The number of hydrogen-bond donors (Lipinski definition) is 3. The Morgan fingerprint density at radius 2 is 2.07 bits per heavy atom. The predicted octanol–water partition coefficient (Wildman–Crippen LogP) is 0.627. The Morgan fingerprint density at radius 1 is 1.40 bits per heavy atom. The number of halogens is 3. The van der Waals surface area contributed by atoms with Gasteiger partial charge in [-0.2, -0.15) is 13.2 Å². The van der Waals surface area contributed by atoms with Crippen LogP contribution in [0.2, 0.25) is 0 Å². The van der Waals surface area contributed by atoms with E-state index in [9.17, 15) is 13.2 Å². The molecular formula is C9H17F3N2O. The second-order valence-electron chi connectivity index (χ2n) is 4.00. The van der Waals surface area contributed by atoms with Crippen LogP contribution in [-0.4, -0.2) is 36.5 Å². The van der Waals surface area contributed by atoms with Crippen LogP contribution in [0.4, 0.5) is 13.2 Å². The van der Waals surface area contributed by atoms with Crippen molar-refractivity contribution in [2.24, 2.45) is 11.7 Å². The monoisotopic (exact) mass is 226 g/mol.